The molecule has 0 radical (unpaired) electrons. The van der Waals surface area contributed by atoms with Gasteiger partial charge < -0.3 is 0 Å². The lowest BCUT2D eigenvalue weighted by Gasteiger charge is -1.99. The van der Waals surface area contributed by atoms with E-state index < -0.39 is 0 Å². The maximum atomic E-state index is 8.96. The molecule has 2 rings (SSSR count). The number of rotatable bonds is 2. The molecule has 0 aliphatic heterocycles. The van der Waals surface area contributed by atoms with E-state index in [1.165, 1.54) is 0 Å². The molecule has 0 atom stereocenters. The van der Waals surface area contributed by atoms with E-state index in [1.807, 2.05) is 49.4 Å². The van der Waals surface area contributed by atoms with Gasteiger partial charge in [0.1, 0.15) is 0 Å². The summed E-state index contributed by atoms with van der Waals surface area (Å²) >= 11 is 0. The highest BCUT2D eigenvalue weighted by Crippen LogP contribution is 2.17. The molecule has 17 heavy (non-hydrogen) atoms. The number of nitriles is 1. The zero-order valence-electron chi connectivity index (χ0n) is 9.59. The molecule has 2 heteroatoms. The van der Waals surface area contributed by atoms with Crippen LogP contribution in [0.5, 0.6) is 0 Å². The highest BCUT2D eigenvalue weighted by Gasteiger charge is 1.97. The number of aliphatic imine (C=N–C) groups is 1. The third-order valence-electron chi connectivity index (χ3n) is 2.54. The van der Waals surface area contributed by atoms with Crippen molar-refractivity contribution in [3.8, 4) is 6.07 Å². The summed E-state index contributed by atoms with van der Waals surface area (Å²) in [6.45, 7) is 2.02. The van der Waals surface area contributed by atoms with Crippen LogP contribution < -0.4 is 0 Å². The molecular formula is C15H12N2. The zero-order valence-corrected chi connectivity index (χ0v) is 9.59. The van der Waals surface area contributed by atoms with Gasteiger partial charge in [-0.2, -0.15) is 5.26 Å². The average Bonchev–Trinajstić information content (AvgIpc) is 2.38. The van der Waals surface area contributed by atoms with Crippen molar-refractivity contribution in [3.05, 3.63) is 65.2 Å². The number of hydrogen-bond acceptors (Lipinski definition) is 2. The predicted octanol–water partition coefficient (Wildman–Crippen LogP) is 3.62. The maximum Gasteiger partial charge on any atom is 0.0998 e. The monoisotopic (exact) mass is 220 g/mol. The molecule has 0 unspecified atom stereocenters. The second-order valence-corrected chi connectivity index (χ2v) is 3.74. The van der Waals surface area contributed by atoms with Crippen LogP contribution in [0.1, 0.15) is 16.7 Å². The van der Waals surface area contributed by atoms with Gasteiger partial charge in [-0.3, -0.25) is 4.99 Å². The second-order valence-electron chi connectivity index (χ2n) is 3.74. The quantitative estimate of drug-likeness (QED) is 0.712. The molecule has 0 fully saturated rings. The SMILES string of the molecule is Cc1ccccc1N=Cc1ccccc1C#N. The van der Waals surface area contributed by atoms with E-state index in [0.717, 1.165) is 16.8 Å². The molecule has 2 aromatic rings. The fraction of sp³-hybridized carbons (Fsp3) is 0.0667. The lowest BCUT2D eigenvalue weighted by molar-refractivity contribution is 1.40. The number of para-hydroxylation sites is 1. The Morgan fingerprint density at radius 3 is 2.53 bits per heavy atom. The Hall–Kier alpha value is -2.40. The van der Waals surface area contributed by atoms with Gasteiger partial charge in [0.2, 0.25) is 0 Å². The van der Waals surface area contributed by atoms with Crippen molar-refractivity contribution in [2.24, 2.45) is 4.99 Å². The second kappa shape index (κ2) is 5.09. The Kier molecular flexibility index (Phi) is 3.32. The van der Waals surface area contributed by atoms with E-state index >= 15 is 0 Å². The molecule has 2 nitrogen and oxygen atoms in total. The summed E-state index contributed by atoms with van der Waals surface area (Å²) in [5.74, 6) is 0. The zero-order chi connectivity index (χ0) is 12.1. The lowest BCUT2D eigenvalue weighted by atomic mass is 10.1. The van der Waals surface area contributed by atoms with Crippen molar-refractivity contribution in [3.63, 3.8) is 0 Å². The summed E-state index contributed by atoms with van der Waals surface area (Å²) in [6.07, 6.45) is 1.74. The smallest absolute Gasteiger partial charge is 0.0998 e. The molecule has 0 N–H and O–H groups in total. The molecule has 0 saturated heterocycles. The van der Waals surface area contributed by atoms with E-state index in [1.54, 1.807) is 12.3 Å². The van der Waals surface area contributed by atoms with Crippen LogP contribution in [-0.4, -0.2) is 6.21 Å². The van der Waals surface area contributed by atoms with Crippen LogP contribution in [0.4, 0.5) is 5.69 Å². The van der Waals surface area contributed by atoms with Crippen LogP contribution in [-0.2, 0) is 0 Å². The number of aryl methyl sites for hydroxylation is 1. The summed E-state index contributed by atoms with van der Waals surface area (Å²) in [4.78, 5) is 4.41. The third-order valence-corrected chi connectivity index (χ3v) is 2.54. The largest absolute Gasteiger partial charge is 0.256 e. The molecule has 0 bridgehead atoms. The molecule has 2 aromatic carbocycles. The van der Waals surface area contributed by atoms with Crippen molar-refractivity contribution in [2.75, 3.05) is 0 Å². The molecule has 0 aliphatic carbocycles. The van der Waals surface area contributed by atoms with Crippen molar-refractivity contribution < 1.29 is 0 Å². The Bertz CT molecular complexity index is 592. The van der Waals surface area contributed by atoms with Gasteiger partial charge in [-0.1, -0.05) is 36.4 Å². The summed E-state index contributed by atoms with van der Waals surface area (Å²) in [6, 6.07) is 17.5. The fourth-order valence-corrected chi connectivity index (χ4v) is 1.56. The lowest BCUT2D eigenvalue weighted by Crippen LogP contribution is -1.86. The van der Waals surface area contributed by atoms with Crippen LogP contribution in [0, 0.1) is 18.3 Å². The van der Waals surface area contributed by atoms with Crippen molar-refractivity contribution in [1.29, 1.82) is 5.26 Å². The van der Waals surface area contributed by atoms with Crippen LogP contribution in [0.25, 0.3) is 0 Å². The minimum absolute atomic E-state index is 0.643. The summed E-state index contributed by atoms with van der Waals surface area (Å²) in [5.41, 5.74) is 3.54. The van der Waals surface area contributed by atoms with Gasteiger partial charge >= 0.3 is 0 Å². The first-order valence-electron chi connectivity index (χ1n) is 5.40. The van der Waals surface area contributed by atoms with Gasteiger partial charge in [0, 0.05) is 11.8 Å². The third kappa shape index (κ3) is 2.59. The Morgan fingerprint density at radius 2 is 1.76 bits per heavy atom. The summed E-state index contributed by atoms with van der Waals surface area (Å²) in [7, 11) is 0. The first-order valence-corrected chi connectivity index (χ1v) is 5.40. The molecular weight excluding hydrogens is 208 g/mol. The van der Waals surface area contributed by atoms with Gasteiger partial charge in [-0.05, 0) is 24.6 Å². The minimum atomic E-state index is 0.643. The molecule has 0 amide bonds. The highest BCUT2D eigenvalue weighted by molar-refractivity contribution is 5.85. The topological polar surface area (TPSA) is 36.1 Å². The number of benzene rings is 2. The van der Waals surface area contributed by atoms with Gasteiger partial charge in [0.25, 0.3) is 0 Å². The maximum absolute atomic E-state index is 8.96. The Labute approximate surface area is 101 Å². The summed E-state index contributed by atoms with van der Waals surface area (Å²) < 4.78 is 0. The Balaban J connectivity index is 2.33. The van der Waals surface area contributed by atoms with Crippen molar-refractivity contribution >= 4 is 11.9 Å². The number of nitrogens with zero attached hydrogens (tertiary/aromatic N) is 2. The minimum Gasteiger partial charge on any atom is -0.256 e. The average molecular weight is 220 g/mol. The highest BCUT2D eigenvalue weighted by atomic mass is 14.7. The predicted molar refractivity (Wildman–Crippen MR) is 69.6 cm³/mol. The molecule has 0 heterocycles. The van der Waals surface area contributed by atoms with E-state index in [2.05, 4.69) is 11.1 Å². The molecule has 82 valence electrons. The van der Waals surface area contributed by atoms with Crippen molar-refractivity contribution in [2.45, 2.75) is 6.92 Å². The van der Waals surface area contributed by atoms with E-state index in [0.29, 0.717) is 5.56 Å². The van der Waals surface area contributed by atoms with Crippen LogP contribution in [0.2, 0.25) is 0 Å². The van der Waals surface area contributed by atoms with E-state index in [-0.39, 0.29) is 0 Å². The van der Waals surface area contributed by atoms with E-state index in [9.17, 15) is 0 Å². The van der Waals surface area contributed by atoms with Crippen molar-refractivity contribution in [1.82, 2.24) is 0 Å². The molecule has 0 aliphatic rings. The first kappa shape index (κ1) is 11.1. The molecule has 0 saturated carbocycles. The van der Waals surface area contributed by atoms with Crippen LogP contribution in [0.3, 0.4) is 0 Å². The van der Waals surface area contributed by atoms with E-state index in [4.69, 9.17) is 5.26 Å². The van der Waals surface area contributed by atoms with Crippen LogP contribution >= 0.6 is 0 Å². The van der Waals surface area contributed by atoms with Gasteiger partial charge in [-0.25, -0.2) is 0 Å². The van der Waals surface area contributed by atoms with Gasteiger partial charge in [0.05, 0.1) is 17.3 Å². The number of hydrogen-bond donors (Lipinski definition) is 0. The van der Waals surface area contributed by atoms with Gasteiger partial charge in [-0.15, -0.1) is 0 Å². The van der Waals surface area contributed by atoms with Gasteiger partial charge in [0.15, 0.2) is 0 Å². The first-order chi connectivity index (χ1) is 8.31. The fourth-order valence-electron chi connectivity index (χ4n) is 1.56. The van der Waals surface area contributed by atoms with Crippen LogP contribution in [0.15, 0.2) is 53.5 Å². The Morgan fingerprint density at radius 1 is 1.06 bits per heavy atom. The standard InChI is InChI=1S/C15H12N2/c1-12-6-2-5-9-15(12)17-11-14-8-4-3-7-13(14)10-16/h2-9,11H,1H3. The summed E-state index contributed by atoms with van der Waals surface area (Å²) in [5, 5.41) is 8.96. The molecule has 0 spiro atoms. The molecule has 0 aromatic heterocycles. The normalized spacial score (nSPS) is 10.4.